The Morgan fingerprint density at radius 3 is 3.00 bits per heavy atom. The van der Waals surface area contributed by atoms with Crippen LogP contribution in [0.3, 0.4) is 0 Å². The highest BCUT2D eigenvalue weighted by atomic mass is 32.2. The molecule has 0 spiro atoms. The summed E-state index contributed by atoms with van der Waals surface area (Å²) in [6.07, 6.45) is 1.70. The zero-order valence-electron chi connectivity index (χ0n) is 10.5. The summed E-state index contributed by atoms with van der Waals surface area (Å²) in [6, 6.07) is 0.115. The highest BCUT2D eigenvalue weighted by Crippen LogP contribution is 2.20. The molecule has 1 unspecified atom stereocenters. The van der Waals surface area contributed by atoms with Gasteiger partial charge in [0.15, 0.2) is 9.84 Å². The third-order valence-corrected chi connectivity index (χ3v) is 5.03. The van der Waals surface area contributed by atoms with E-state index in [0.717, 1.165) is 6.42 Å². The molecule has 2 N–H and O–H groups in total. The van der Waals surface area contributed by atoms with Crippen molar-refractivity contribution >= 4 is 21.7 Å². The van der Waals surface area contributed by atoms with Crippen molar-refractivity contribution < 1.29 is 17.9 Å². The van der Waals surface area contributed by atoms with Crippen LogP contribution in [0.15, 0.2) is 0 Å². The summed E-state index contributed by atoms with van der Waals surface area (Å²) in [5.41, 5.74) is 0. The highest BCUT2D eigenvalue weighted by molar-refractivity contribution is 7.92. The summed E-state index contributed by atoms with van der Waals surface area (Å²) in [5, 5.41) is 7.61. The fourth-order valence-electron chi connectivity index (χ4n) is 1.94. The minimum absolute atomic E-state index is 0.0612. The Labute approximate surface area is 110 Å². The fraction of sp³-hybridized carbons (Fsp3) is 0.700. The lowest BCUT2D eigenvalue weighted by atomic mass is 10.2. The van der Waals surface area contributed by atoms with Crippen LogP contribution in [0.4, 0.5) is 5.95 Å². The third-order valence-electron chi connectivity index (χ3n) is 2.85. The normalized spacial score (nSPS) is 21.8. The molecule has 106 valence electrons. The van der Waals surface area contributed by atoms with Crippen molar-refractivity contribution in [3.05, 3.63) is 0 Å². The maximum atomic E-state index is 11.9. The maximum absolute atomic E-state index is 11.9. The number of aromatic amines is 1. The van der Waals surface area contributed by atoms with Gasteiger partial charge < -0.3 is 4.74 Å². The molecular formula is C10H16N4O4S. The average molecular weight is 288 g/mol. The molecule has 0 radical (unpaired) electrons. The smallest absolute Gasteiger partial charge is 0.337 e. The number of hydrogen-bond donors (Lipinski definition) is 2. The molecule has 1 saturated heterocycles. The number of hydrogen-bond acceptors (Lipinski definition) is 6. The van der Waals surface area contributed by atoms with E-state index in [-0.39, 0.29) is 17.7 Å². The molecule has 0 aliphatic carbocycles. The molecular weight excluding hydrogens is 272 g/mol. The summed E-state index contributed by atoms with van der Waals surface area (Å²) < 4.78 is 28.6. The Balaban J connectivity index is 2.03. The van der Waals surface area contributed by atoms with Gasteiger partial charge in [-0.25, -0.2) is 13.5 Å². The summed E-state index contributed by atoms with van der Waals surface area (Å²) in [7, 11) is -3.35. The number of aromatic nitrogens is 3. The van der Waals surface area contributed by atoms with Crippen LogP contribution in [-0.4, -0.2) is 47.1 Å². The SMILES string of the molecule is CCOc1n[nH]c(NC(=O)C2CCCCS2(=O)=O)n1. The number of H-pyrrole nitrogens is 1. The molecule has 1 aliphatic rings. The molecule has 1 fully saturated rings. The van der Waals surface area contributed by atoms with E-state index in [9.17, 15) is 13.2 Å². The molecule has 19 heavy (non-hydrogen) atoms. The lowest BCUT2D eigenvalue weighted by Gasteiger charge is -2.20. The van der Waals surface area contributed by atoms with Gasteiger partial charge in [0.05, 0.1) is 12.4 Å². The first kappa shape index (κ1) is 13.8. The molecule has 1 aliphatic heterocycles. The average Bonchev–Trinajstić information content (AvgIpc) is 2.76. The Morgan fingerprint density at radius 2 is 2.32 bits per heavy atom. The second-order valence-electron chi connectivity index (χ2n) is 4.24. The first-order valence-corrected chi connectivity index (χ1v) is 7.82. The molecule has 2 heterocycles. The van der Waals surface area contributed by atoms with Gasteiger partial charge in [0, 0.05) is 0 Å². The number of ether oxygens (including phenoxy) is 1. The van der Waals surface area contributed by atoms with Crippen LogP contribution in [0.2, 0.25) is 0 Å². The molecule has 1 aromatic heterocycles. The van der Waals surface area contributed by atoms with Gasteiger partial charge in [-0.1, -0.05) is 6.42 Å². The Morgan fingerprint density at radius 1 is 1.53 bits per heavy atom. The van der Waals surface area contributed by atoms with Gasteiger partial charge in [-0.05, 0) is 19.8 Å². The van der Waals surface area contributed by atoms with Crippen LogP contribution in [0.1, 0.15) is 26.2 Å². The van der Waals surface area contributed by atoms with E-state index in [1.807, 2.05) is 0 Å². The monoisotopic (exact) mass is 288 g/mol. The molecule has 2 rings (SSSR count). The standard InChI is InChI=1S/C10H16N4O4S/c1-2-18-10-12-9(13-14-10)11-8(15)7-5-3-4-6-19(7,16)17/h7H,2-6H2,1H3,(H2,11,12,13,14,15). The Bertz CT molecular complexity index is 554. The number of rotatable bonds is 4. The predicted octanol–water partition coefficient (Wildman–Crippen LogP) is 0.109. The van der Waals surface area contributed by atoms with E-state index in [4.69, 9.17) is 4.74 Å². The van der Waals surface area contributed by atoms with Gasteiger partial charge in [-0.2, -0.15) is 4.98 Å². The second-order valence-corrected chi connectivity index (χ2v) is 6.54. The van der Waals surface area contributed by atoms with Crippen LogP contribution in [0.5, 0.6) is 6.01 Å². The second kappa shape index (κ2) is 5.55. The lowest BCUT2D eigenvalue weighted by Crippen LogP contribution is -2.39. The summed E-state index contributed by atoms with van der Waals surface area (Å²) >= 11 is 0. The highest BCUT2D eigenvalue weighted by Gasteiger charge is 2.35. The minimum atomic E-state index is -3.35. The molecule has 0 bridgehead atoms. The predicted molar refractivity (Wildman–Crippen MR) is 67.6 cm³/mol. The first-order chi connectivity index (χ1) is 9.03. The number of amides is 1. The van der Waals surface area contributed by atoms with Gasteiger partial charge in [-0.3, -0.25) is 10.1 Å². The van der Waals surface area contributed by atoms with Gasteiger partial charge in [0.1, 0.15) is 5.25 Å². The number of sulfone groups is 1. The van der Waals surface area contributed by atoms with Gasteiger partial charge in [0.2, 0.25) is 11.9 Å². The van der Waals surface area contributed by atoms with Gasteiger partial charge in [0.25, 0.3) is 0 Å². The zero-order valence-corrected chi connectivity index (χ0v) is 11.4. The van der Waals surface area contributed by atoms with Crippen molar-refractivity contribution in [2.24, 2.45) is 0 Å². The van der Waals surface area contributed by atoms with Gasteiger partial charge >= 0.3 is 6.01 Å². The van der Waals surface area contributed by atoms with E-state index >= 15 is 0 Å². The quantitative estimate of drug-likeness (QED) is 0.812. The number of nitrogens with one attached hydrogen (secondary N) is 2. The van der Waals surface area contributed by atoms with Gasteiger partial charge in [-0.15, -0.1) is 5.10 Å². The van der Waals surface area contributed by atoms with Crippen LogP contribution < -0.4 is 10.1 Å². The fourth-order valence-corrected chi connectivity index (χ4v) is 3.74. The van der Waals surface area contributed by atoms with Crippen molar-refractivity contribution in [1.82, 2.24) is 15.2 Å². The molecule has 1 amide bonds. The first-order valence-electron chi connectivity index (χ1n) is 6.10. The third kappa shape index (κ3) is 3.22. The van der Waals surface area contributed by atoms with Crippen LogP contribution in [-0.2, 0) is 14.6 Å². The zero-order chi connectivity index (χ0) is 13.9. The van der Waals surface area contributed by atoms with Crippen LogP contribution in [0, 0.1) is 0 Å². The van der Waals surface area contributed by atoms with Crippen molar-refractivity contribution in [1.29, 1.82) is 0 Å². The number of nitrogens with zero attached hydrogens (tertiary/aromatic N) is 2. The van der Waals surface area contributed by atoms with Crippen molar-refractivity contribution in [2.45, 2.75) is 31.4 Å². The van der Waals surface area contributed by atoms with E-state index in [1.165, 1.54) is 0 Å². The topological polar surface area (TPSA) is 114 Å². The molecule has 0 saturated carbocycles. The largest absolute Gasteiger partial charge is 0.463 e. The molecule has 0 aromatic carbocycles. The van der Waals surface area contributed by atoms with Crippen LogP contribution >= 0.6 is 0 Å². The molecule has 9 heteroatoms. The van der Waals surface area contributed by atoms with E-state index < -0.39 is 21.0 Å². The number of carbonyl (C=O) groups is 1. The van der Waals surface area contributed by atoms with Crippen LogP contribution in [0.25, 0.3) is 0 Å². The minimum Gasteiger partial charge on any atom is -0.463 e. The molecule has 1 atom stereocenters. The Kier molecular flexibility index (Phi) is 4.03. The maximum Gasteiger partial charge on any atom is 0.337 e. The number of anilines is 1. The molecule has 1 aromatic rings. The summed E-state index contributed by atoms with van der Waals surface area (Å²) in [5.74, 6) is -0.417. The molecule has 8 nitrogen and oxygen atoms in total. The van der Waals surface area contributed by atoms with Crippen molar-refractivity contribution in [3.8, 4) is 6.01 Å². The summed E-state index contributed by atoms with van der Waals surface area (Å²) in [6.45, 7) is 2.19. The lowest BCUT2D eigenvalue weighted by molar-refractivity contribution is -0.116. The van der Waals surface area contributed by atoms with E-state index in [2.05, 4.69) is 20.5 Å². The van der Waals surface area contributed by atoms with Crippen molar-refractivity contribution in [3.63, 3.8) is 0 Å². The Hall–Kier alpha value is -1.64. The van der Waals surface area contributed by atoms with E-state index in [0.29, 0.717) is 19.4 Å². The summed E-state index contributed by atoms with van der Waals surface area (Å²) in [4.78, 5) is 15.8. The van der Waals surface area contributed by atoms with Crippen molar-refractivity contribution in [2.75, 3.05) is 17.7 Å². The van der Waals surface area contributed by atoms with E-state index in [1.54, 1.807) is 6.92 Å². The number of carbonyl (C=O) groups excluding carboxylic acids is 1.